The largest absolute Gasteiger partial charge is 0.385 e. The molecule has 1 radical (unpaired) electrons. The van der Waals surface area contributed by atoms with E-state index in [1.54, 1.807) is 0 Å². The molecule has 0 bridgehead atoms. The van der Waals surface area contributed by atoms with Crippen LogP contribution in [0.1, 0.15) is 0 Å². The number of nitrogens with one attached hydrogen (secondary N) is 1. The van der Waals surface area contributed by atoms with Crippen LogP contribution >= 0.6 is 0 Å². The fraction of sp³-hybridized carbons (Fsp3) is 0.200. The Hall–Kier alpha value is -1.12. The van der Waals surface area contributed by atoms with Gasteiger partial charge in [0.1, 0.15) is 6.21 Å². The quantitative estimate of drug-likeness (QED) is 0.456. The smallest absolute Gasteiger partial charge is 0.125 e. The Labute approximate surface area is 46.8 Å². The second-order valence-electron chi connectivity index (χ2n) is 1.70. The fourth-order valence-corrected chi connectivity index (χ4v) is 0.754. The van der Waals surface area contributed by atoms with Crippen molar-refractivity contribution >= 4 is 11.9 Å². The molecule has 0 aromatic carbocycles. The molecule has 0 saturated heterocycles. The summed E-state index contributed by atoms with van der Waals surface area (Å²) < 4.78 is 0. The molecule has 0 spiro atoms. The standard InChI is InChI=1S/C5H4N3/c1-4-2-7-8-5(4)3-6-1/h1,6H,3H2. The average Bonchev–Trinajstić information content (AvgIpc) is 2.15. The monoisotopic (exact) mass is 106 g/mol. The van der Waals surface area contributed by atoms with Crippen molar-refractivity contribution in [3.8, 4) is 0 Å². The lowest BCUT2D eigenvalue weighted by Crippen LogP contribution is -2.07. The molecule has 0 saturated carbocycles. The first-order valence-corrected chi connectivity index (χ1v) is 2.43. The van der Waals surface area contributed by atoms with Gasteiger partial charge in [-0.25, -0.2) is 0 Å². The highest BCUT2D eigenvalue weighted by atomic mass is 15.2. The summed E-state index contributed by atoms with van der Waals surface area (Å²) in [4.78, 5) is 0. The molecule has 2 heterocycles. The van der Waals surface area contributed by atoms with Crippen molar-refractivity contribution < 1.29 is 0 Å². The van der Waals surface area contributed by atoms with Gasteiger partial charge in [0.2, 0.25) is 0 Å². The van der Waals surface area contributed by atoms with Gasteiger partial charge in [-0.05, 0) is 0 Å². The van der Waals surface area contributed by atoms with Crippen LogP contribution in [0.4, 0.5) is 0 Å². The van der Waals surface area contributed by atoms with E-state index in [0.29, 0.717) is 0 Å². The molecule has 0 unspecified atom stereocenters. The highest BCUT2D eigenvalue weighted by molar-refractivity contribution is 6.20. The van der Waals surface area contributed by atoms with Gasteiger partial charge in [-0.15, -0.1) is 5.10 Å². The first-order valence-electron chi connectivity index (χ1n) is 2.43. The molecule has 0 aromatic heterocycles. The highest BCUT2D eigenvalue weighted by Gasteiger charge is 2.14. The Morgan fingerprint density at radius 2 is 2.75 bits per heavy atom. The summed E-state index contributed by atoms with van der Waals surface area (Å²) in [6, 6.07) is 0. The van der Waals surface area contributed by atoms with Gasteiger partial charge in [0.05, 0.1) is 12.3 Å². The molecule has 2 aliphatic rings. The van der Waals surface area contributed by atoms with E-state index in [2.05, 4.69) is 21.7 Å². The van der Waals surface area contributed by atoms with Crippen molar-refractivity contribution in [1.82, 2.24) is 5.32 Å². The predicted octanol–water partition coefficient (Wildman–Crippen LogP) is -0.209. The van der Waals surface area contributed by atoms with Crippen molar-refractivity contribution in [2.24, 2.45) is 10.2 Å². The zero-order valence-corrected chi connectivity index (χ0v) is 4.18. The molecular formula is C5H4N3. The van der Waals surface area contributed by atoms with Gasteiger partial charge in [0.15, 0.2) is 0 Å². The molecule has 3 nitrogen and oxygen atoms in total. The Morgan fingerprint density at radius 3 is 3.62 bits per heavy atom. The Morgan fingerprint density at radius 1 is 1.75 bits per heavy atom. The molecule has 1 N–H and O–H groups in total. The van der Waals surface area contributed by atoms with Crippen LogP contribution in [0.15, 0.2) is 22.0 Å². The van der Waals surface area contributed by atoms with Crippen molar-refractivity contribution in [2.45, 2.75) is 0 Å². The van der Waals surface area contributed by atoms with Crippen LogP contribution in [-0.4, -0.2) is 18.5 Å². The number of hydrogen-bond acceptors (Lipinski definition) is 3. The molecule has 0 fully saturated rings. The molecule has 39 valence electrons. The van der Waals surface area contributed by atoms with Crippen LogP contribution in [0.5, 0.6) is 0 Å². The summed E-state index contributed by atoms with van der Waals surface area (Å²) >= 11 is 0. The van der Waals surface area contributed by atoms with Gasteiger partial charge < -0.3 is 5.32 Å². The zero-order chi connectivity index (χ0) is 5.40. The highest BCUT2D eigenvalue weighted by Crippen LogP contribution is 2.05. The zero-order valence-electron chi connectivity index (χ0n) is 4.18. The maximum atomic E-state index is 3.80. The van der Waals surface area contributed by atoms with Gasteiger partial charge in [-0.2, -0.15) is 5.10 Å². The first kappa shape index (κ1) is 3.83. The summed E-state index contributed by atoms with van der Waals surface area (Å²) in [6.07, 6.45) is 4.61. The number of rotatable bonds is 0. The normalized spacial score (nSPS) is 22.0. The third-order valence-electron chi connectivity index (χ3n) is 1.17. The SMILES string of the molecule is [C]1=NN=C2CNC=C12. The fourth-order valence-electron chi connectivity index (χ4n) is 0.754. The van der Waals surface area contributed by atoms with Gasteiger partial charge in [-0.1, -0.05) is 0 Å². The summed E-state index contributed by atoms with van der Waals surface area (Å²) in [5, 5.41) is 10.4. The predicted molar refractivity (Wildman–Crippen MR) is 31.0 cm³/mol. The van der Waals surface area contributed by atoms with Crippen LogP contribution < -0.4 is 5.32 Å². The minimum atomic E-state index is 0.811. The number of hydrogen-bond donors (Lipinski definition) is 1. The van der Waals surface area contributed by atoms with Gasteiger partial charge in [-0.3, -0.25) is 0 Å². The average molecular weight is 106 g/mol. The molecule has 3 heteroatoms. The minimum absolute atomic E-state index is 0.811. The summed E-state index contributed by atoms with van der Waals surface area (Å²) in [7, 11) is 0. The maximum absolute atomic E-state index is 3.80. The third kappa shape index (κ3) is 0.332. The first-order chi connectivity index (χ1) is 3.97. The molecular weight excluding hydrogens is 102 g/mol. The second-order valence-corrected chi connectivity index (χ2v) is 1.70. The van der Waals surface area contributed by atoms with E-state index in [0.717, 1.165) is 17.8 Å². The Bertz CT molecular complexity index is 200. The number of fused-ring (bicyclic) bond motifs is 1. The van der Waals surface area contributed by atoms with Gasteiger partial charge in [0, 0.05) is 11.8 Å². The van der Waals surface area contributed by atoms with Crippen LogP contribution in [0.3, 0.4) is 0 Å². The van der Waals surface area contributed by atoms with Crippen molar-refractivity contribution in [1.29, 1.82) is 0 Å². The molecule has 0 aliphatic carbocycles. The molecule has 0 aromatic rings. The van der Waals surface area contributed by atoms with Crippen LogP contribution in [0.2, 0.25) is 0 Å². The molecule has 0 atom stereocenters. The van der Waals surface area contributed by atoms with E-state index in [1.807, 2.05) is 6.20 Å². The lowest BCUT2D eigenvalue weighted by atomic mass is 10.2. The molecule has 2 rings (SSSR count). The molecule has 8 heavy (non-hydrogen) atoms. The summed E-state index contributed by atoms with van der Waals surface area (Å²) in [5.41, 5.74) is 2.01. The van der Waals surface area contributed by atoms with E-state index in [-0.39, 0.29) is 0 Å². The van der Waals surface area contributed by atoms with Crippen molar-refractivity contribution in [3.63, 3.8) is 0 Å². The lowest BCUT2D eigenvalue weighted by Gasteiger charge is -1.83. The van der Waals surface area contributed by atoms with Gasteiger partial charge in [0.25, 0.3) is 0 Å². The van der Waals surface area contributed by atoms with E-state index in [4.69, 9.17) is 0 Å². The van der Waals surface area contributed by atoms with E-state index >= 15 is 0 Å². The van der Waals surface area contributed by atoms with Crippen molar-refractivity contribution in [2.75, 3.05) is 6.54 Å². The topological polar surface area (TPSA) is 36.8 Å². The second kappa shape index (κ2) is 1.18. The molecule has 0 amide bonds. The Kier molecular flexibility index (Phi) is 0.566. The minimum Gasteiger partial charge on any atom is -0.385 e. The third-order valence-corrected chi connectivity index (χ3v) is 1.17. The van der Waals surface area contributed by atoms with Crippen LogP contribution in [0, 0.1) is 0 Å². The van der Waals surface area contributed by atoms with E-state index in [9.17, 15) is 0 Å². The van der Waals surface area contributed by atoms with Crippen molar-refractivity contribution in [3.05, 3.63) is 11.8 Å². The van der Waals surface area contributed by atoms with Crippen LogP contribution in [0.25, 0.3) is 0 Å². The van der Waals surface area contributed by atoms with E-state index in [1.165, 1.54) is 0 Å². The van der Waals surface area contributed by atoms with Gasteiger partial charge >= 0.3 is 0 Å². The lowest BCUT2D eigenvalue weighted by molar-refractivity contribution is 1.04. The molecule has 2 aliphatic heterocycles. The summed E-state index contributed by atoms with van der Waals surface area (Å²) in [5.74, 6) is 0. The number of nitrogens with zero attached hydrogens (tertiary/aromatic N) is 2. The summed E-state index contributed by atoms with van der Waals surface area (Å²) in [6.45, 7) is 0.811. The Balaban J connectivity index is 2.49. The maximum Gasteiger partial charge on any atom is 0.125 e. The van der Waals surface area contributed by atoms with E-state index < -0.39 is 0 Å². The van der Waals surface area contributed by atoms with Crippen LogP contribution in [-0.2, 0) is 0 Å².